The minimum absolute atomic E-state index is 0.235. The molecule has 1 rings (SSSR count). The minimum atomic E-state index is -0.660. The van der Waals surface area contributed by atoms with E-state index in [1.807, 2.05) is 20.8 Å². The summed E-state index contributed by atoms with van der Waals surface area (Å²) >= 11 is 0. The molecule has 0 fully saturated rings. The van der Waals surface area contributed by atoms with Gasteiger partial charge in [0.15, 0.2) is 0 Å². The van der Waals surface area contributed by atoms with Crippen LogP contribution < -0.4 is 11.1 Å². The zero-order valence-corrected chi connectivity index (χ0v) is 12.3. The maximum atomic E-state index is 11.1. The highest BCUT2D eigenvalue weighted by molar-refractivity contribution is 5.66. The van der Waals surface area contributed by atoms with Gasteiger partial charge in [0.1, 0.15) is 5.69 Å². The lowest BCUT2D eigenvalue weighted by atomic mass is 9.90. The molecule has 0 amide bonds. The van der Waals surface area contributed by atoms with Crippen LogP contribution in [0, 0.1) is 26.1 Å². The van der Waals surface area contributed by atoms with Crippen LogP contribution in [-0.2, 0) is 0 Å². The molecule has 1 atom stereocenters. The molecule has 0 radical (unpaired) electrons. The average molecular weight is 296 g/mol. The molecule has 1 unspecified atom stereocenters. The predicted octanol–water partition coefficient (Wildman–Crippen LogP) is 2.68. The number of nitro benzene ring substituents is 2. The molecule has 0 aliphatic heterocycles. The Kier molecular flexibility index (Phi) is 5.20. The monoisotopic (exact) mass is 296 g/mol. The Morgan fingerprint density at radius 3 is 2.33 bits per heavy atom. The van der Waals surface area contributed by atoms with E-state index in [4.69, 9.17) is 5.73 Å². The molecule has 0 aromatic heterocycles. The summed E-state index contributed by atoms with van der Waals surface area (Å²) in [5.41, 5.74) is 4.84. The van der Waals surface area contributed by atoms with Crippen LogP contribution in [0.25, 0.3) is 0 Å². The number of nitro groups is 2. The third kappa shape index (κ3) is 4.38. The van der Waals surface area contributed by atoms with E-state index in [0.29, 0.717) is 12.5 Å². The predicted molar refractivity (Wildman–Crippen MR) is 80.3 cm³/mol. The molecule has 0 spiro atoms. The molecule has 0 aliphatic carbocycles. The van der Waals surface area contributed by atoms with E-state index in [9.17, 15) is 20.2 Å². The molecular formula is C13H20N4O4. The van der Waals surface area contributed by atoms with E-state index in [2.05, 4.69) is 5.32 Å². The van der Waals surface area contributed by atoms with E-state index < -0.39 is 15.4 Å². The van der Waals surface area contributed by atoms with Gasteiger partial charge in [-0.25, -0.2) is 0 Å². The van der Waals surface area contributed by atoms with Crippen molar-refractivity contribution in [2.45, 2.75) is 32.7 Å². The van der Waals surface area contributed by atoms with Crippen molar-refractivity contribution in [3.05, 3.63) is 38.4 Å². The Labute approximate surface area is 122 Å². The van der Waals surface area contributed by atoms with E-state index in [1.54, 1.807) is 0 Å². The first kappa shape index (κ1) is 16.8. The molecular weight excluding hydrogens is 276 g/mol. The maximum Gasteiger partial charge on any atom is 0.299 e. The van der Waals surface area contributed by atoms with Crippen LogP contribution in [-0.4, -0.2) is 21.9 Å². The quantitative estimate of drug-likeness (QED) is 0.588. The van der Waals surface area contributed by atoms with Gasteiger partial charge in [0.25, 0.3) is 11.4 Å². The smallest absolute Gasteiger partial charge is 0.299 e. The molecule has 3 N–H and O–H groups in total. The fourth-order valence-corrected chi connectivity index (χ4v) is 2.30. The summed E-state index contributed by atoms with van der Waals surface area (Å²) in [5, 5.41) is 24.9. The lowest BCUT2D eigenvalue weighted by molar-refractivity contribution is -0.393. The molecule has 0 heterocycles. The molecule has 1 aromatic carbocycles. The van der Waals surface area contributed by atoms with Crippen molar-refractivity contribution in [1.29, 1.82) is 0 Å². The number of nitrogens with two attached hydrogens (primary N) is 1. The summed E-state index contributed by atoms with van der Waals surface area (Å²) < 4.78 is 0. The zero-order chi connectivity index (χ0) is 16.2. The van der Waals surface area contributed by atoms with Gasteiger partial charge in [-0.2, -0.15) is 0 Å². The first-order valence-corrected chi connectivity index (χ1v) is 6.59. The van der Waals surface area contributed by atoms with E-state index >= 15 is 0 Å². The molecule has 0 saturated heterocycles. The van der Waals surface area contributed by atoms with Crippen LogP contribution in [0.15, 0.2) is 18.2 Å². The number of nitrogens with zero attached hydrogens (tertiary/aromatic N) is 2. The molecule has 0 saturated carbocycles. The molecule has 21 heavy (non-hydrogen) atoms. The van der Waals surface area contributed by atoms with Crippen LogP contribution in [0.2, 0.25) is 0 Å². The van der Waals surface area contributed by atoms with Gasteiger partial charge < -0.3 is 11.1 Å². The fraction of sp³-hybridized carbons (Fsp3) is 0.538. The zero-order valence-electron chi connectivity index (χ0n) is 12.3. The second-order valence-electron chi connectivity index (χ2n) is 5.70. The summed E-state index contributed by atoms with van der Waals surface area (Å²) in [7, 11) is 0. The fourth-order valence-electron chi connectivity index (χ4n) is 2.30. The first-order chi connectivity index (χ1) is 9.68. The van der Waals surface area contributed by atoms with Gasteiger partial charge in [0, 0.05) is 18.2 Å². The summed E-state index contributed by atoms with van der Waals surface area (Å²) in [4.78, 5) is 20.5. The summed E-state index contributed by atoms with van der Waals surface area (Å²) in [6.07, 6.45) is 0.720. The van der Waals surface area contributed by atoms with Gasteiger partial charge >= 0.3 is 0 Å². The third-order valence-electron chi connectivity index (χ3n) is 3.13. The standard InChI is InChI=1S/C13H20N4O4/c1-9(2)7-13(3,8-14)15-11-5-4-10(16(18)19)6-12(11)17(20)21/h4-6,9,15H,7-8,14H2,1-3H3. The van der Waals surface area contributed by atoms with E-state index in [0.717, 1.165) is 12.5 Å². The summed E-state index contributed by atoms with van der Waals surface area (Å²) in [5.74, 6) is 0.350. The Morgan fingerprint density at radius 1 is 1.29 bits per heavy atom. The van der Waals surface area contributed by atoms with Crippen LogP contribution >= 0.6 is 0 Å². The van der Waals surface area contributed by atoms with Crippen LogP contribution in [0.3, 0.4) is 0 Å². The lowest BCUT2D eigenvalue weighted by Crippen LogP contribution is -2.43. The molecule has 116 valence electrons. The molecule has 0 aliphatic rings. The van der Waals surface area contributed by atoms with Gasteiger partial charge in [0.2, 0.25) is 0 Å². The molecule has 8 heteroatoms. The number of nitrogens with one attached hydrogen (secondary N) is 1. The van der Waals surface area contributed by atoms with Crippen molar-refractivity contribution in [2.24, 2.45) is 11.7 Å². The Bertz CT molecular complexity index is 547. The van der Waals surface area contributed by atoms with Crippen molar-refractivity contribution >= 4 is 17.1 Å². The average Bonchev–Trinajstić information content (AvgIpc) is 2.37. The van der Waals surface area contributed by atoms with Crippen LogP contribution in [0.1, 0.15) is 27.2 Å². The van der Waals surface area contributed by atoms with Gasteiger partial charge in [-0.1, -0.05) is 13.8 Å². The van der Waals surface area contributed by atoms with Gasteiger partial charge in [-0.3, -0.25) is 20.2 Å². The second kappa shape index (κ2) is 6.49. The number of benzene rings is 1. The number of non-ortho nitro benzene ring substituents is 1. The van der Waals surface area contributed by atoms with Crippen LogP contribution in [0.5, 0.6) is 0 Å². The van der Waals surface area contributed by atoms with Crippen molar-refractivity contribution in [3.63, 3.8) is 0 Å². The van der Waals surface area contributed by atoms with Gasteiger partial charge in [0.05, 0.1) is 15.9 Å². The Balaban J connectivity index is 3.17. The second-order valence-corrected chi connectivity index (χ2v) is 5.70. The highest BCUT2D eigenvalue weighted by atomic mass is 16.6. The Morgan fingerprint density at radius 2 is 1.90 bits per heavy atom. The first-order valence-electron chi connectivity index (χ1n) is 6.59. The maximum absolute atomic E-state index is 11.1. The number of anilines is 1. The highest BCUT2D eigenvalue weighted by Gasteiger charge is 2.28. The van der Waals surface area contributed by atoms with Crippen LogP contribution in [0.4, 0.5) is 17.1 Å². The minimum Gasteiger partial charge on any atom is -0.373 e. The summed E-state index contributed by atoms with van der Waals surface area (Å²) in [6.45, 7) is 6.22. The lowest BCUT2D eigenvalue weighted by Gasteiger charge is -2.32. The summed E-state index contributed by atoms with van der Waals surface area (Å²) in [6, 6.07) is 3.54. The molecule has 1 aromatic rings. The van der Waals surface area contributed by atoms with E-state index in [-0.39, 0.29) is 17.1 Å². The van der Waals surface area contributed by atoms with Gasteiger partial charge in [-0.15, -0.1) is 0 Å². The third-order valence-corrected chi connectivity index (χ3v) is 3.13. The molecule has 0 bridgehead atoms. The van der Waals surface area contributed by atoms with Crippen molar-refractivity contribution in [3.8, 4) is 0 Å². The number of hydrogen-bond acceptors (Lipinski definition) is 6. The normalized spacial score (nSPS) is 13.8. The molecule has 8 nitrogen and oxygen atoms in total. The van der Waals surface area contributed by atoms with E-state index in [1.165, 1.54) is 12.1 Å². The topological polar surface area (TPSA) is 124 Å². The SMILES string of the molecule is CC(C)CC(C)(CN)Nc1ccc([N+](=O)[O-])cc1[N+](=O)[O-]. The number of hydrogen-bond donors (Lipinski definition) is 2. The highest BCUT2D eigenvalue weighted by Crippen LogP contribution is 2.32. The Hall–Kier alpha value is -2.22. The largest absolute Gasteiger partial charge is 0.373 e. The van der Waals surface area contributed by atoms with Crippen molar-refractivity contribution in [1.82, 2.24) is 0 Å². The van der Waals surface area contributed by atoms with Gasteiger partial charge in [-0.05, 0) is 25.3 Å². The van der Waals surface area contributed by atoms with Crippen molar-refractivity contribution < 1.29 is 9.85 Å². The van der Waals surface area contributed by atoms with Crippen molar-refractivity contribution in [2.75, 3.05) is 11.9 Å². The number of rotatable bonds is 7.